The fourth-order valence-corrected chi connectivity index (χ4v) is 1.29. The molecule has 17 heavy (non-hydrogen) atoms. The van der Waals surface area contributed by atoms with E-state index in [2.05, 4.69) is 0 Å². The number of hydrogen-bond acceptors (Lipinski definition) is 4. The van der Waals surface area contributed by atoms with Crippen LogP contribution in [0.1, 0.15) is 32.6 Å². The fourth-order valence-electron chi connectivity index (χ4n) is 1.29. The minimum absolute atomic E-state index is 0.449. The zero-order valence-electron chi connectivity index (χ0n) is 11.0. The van der Waals surface area contributed by atoms with Crippen molar-refractivity contribution in [2.24, 2.45) is 0 Å². The molecule has 1 N–H and O–H groups in total. The number of aromatic nitrogens is 1. The maximum absolute atomic E-state index is 11.7. The number of rotatable bonds is 2. The highest BCUT2D eigenvalue weighted by Crippen LogP contribution is 2.16. The van der Waals surface area contributed by atoms with Crippen molar-refractivity contribution in [2.45, 2.75) is 32.6 Å². The predicted molar refractivity (Wildman–Crippen MR) is 64.7 cm³/mol. The van der Waals surface area contributed by atoms with Gasteiger partial charge in [0.25, 0.3) is 0 Å². The quantitative estimate of drug-likeness (QED) is 0.801. The minimum atomic E-state index is -0.723. The summed E-state index contributed by atoms with van der Waals surface area (Å²) in [5.41, 5.74) is 0.127. The molecule has 0 radical (unpaired) electrons. The molecule has 1 atom stereocenters. The summed E-state index contributed by atoms with van der Waals surface area (Å²) in [6.45, 7) is 5.43. The van der Waals surface area contributed by atoms with Gasteiger partial charge in [0.1, 0.15) is 11.8 Å². The molecule has 5 nitrogen and oxygen atoms in total. The lowest BCUT2D eigenvalue weighted by Gasteiger charge is -2.19. The van der Waals surface area contributed by atoms with Gasteiger partial charge in [0.05, 0.1) is 0 Å². The van der Waals surface area contributed by atoms with Crippen molar-refractivity contribution in [3.8, 4) is 0 Å². The normalized spacial score (nSPS) is 13.8. The first kappa shape index (κ1) is 13.7. The summed E-state index contributed by atoms with van der Waals surface area (Å²) >= 11 is 0. The highest BCUT2D eigenvalue weighted by molar-refractivity contribution is 5.71. The smallest absolute Gasteiger partial charge is 0.418 e. The molecule has 0 aromatic carbocycles. The third kappa shape index (κ3) is 3.87. The van der Waals surface area contributed by atoms with Gasteiger partial charge >= 0.3 is 6.09 Å². The van der Waals surface area contributed by atoms with Crippen molar-refractivity contribution in [3.05, 3.63) is 24.0 Å². The topological polar surface area (TPSA) is 54.7 Å². The van der Waals surface area contributed by atoms with E-state index in [4.69, 9.17) is 4.74 Å². The van der Waals surface area contributed by atoms with Crippen LogP contribution < -0.4 is 0 Å². The largest absolute Gasteiger partial charge is 0.443 e. The molecule has 1 aromatic heterocycles. The Labute approximate surface area is 102 Å². The molecule has 1 aromatic rings. The van der Waals surface area contributed by atoms with Gasteiger partial charge in [-0.2, -0.15) is 0 Å². The van der Waals surface area contributed by atoms with Crippen molar-refractivity contribution in [2.75, 3.05) is 14.1 Å². The molecule has 0 saturated carbocycles. The van der Waals surface area contributed by atoms with Crippen LogP contribution in [-0.4, -0.2) is 40.4 Å². The Morgan fingerprint density at radius 2 is 2.06 bits per heavy atom. The van der Waals surface area contributed by atoms with Gasteiger partial charge in [0.15, 0.2) is 0 Å². The van der Waals surface area contributed by atoms with E-state index in [0.717, 1.165) is 0 Å². The lowest BCUT2D eigenvalue weighted by molar-refractivity contribution is 0.0391. The number of aliphatic hydroxyl groups is 1. The van der Waals surface area contributed by atoms with E-state index in [9.17, 15) is 9.90 Å². The van der Waals surface area contributed by atoms with Crippen LogP contribution >= 0.6 is 0 Å². The van der Waals surface area contributed by atoms with Crippen molar-refractivity contribution < 1.29 is 14.6 Å². The zero-order valence-corrected chi connectivity index (χ0v) is 11.0. The Balaban J connectivity index is 2.78. The second-order valence-electron chi connectivity index (χ2n) is 5.17. The van der Waals surface area contributed by atoms with Crippen LogP contribution in [0, 0.1) is 0 Å². The molecule has 0 bridgehead atoms. The lowest BCUT2D eigenvalue weighted by atomic mass is 10.2. The predicted octanol–water partition coefficient (Wildman–Crippen LogP) is 1.82. The summed E-state index contributed by atoms with van der Waals surface area (Å²) in [5.74, 6) is 0. The summed E-state index contributed by atoms with van der Waals surface area (Å²) in [6.07, 6.45) is 1.97. The Morgan fingerprint density at radius 3 is 2.53 bits per heavy atom. The minimum Gasteiger partial charge on any atom is -0.443 e. The first-order valence-electron chi connectivity index (χ1n) is 5.46. The molecule has 1 heterocycles. The van der Waals surface area contributed by atoms with Gasteiger partial charge in [-0.15, -0.1) is 0 Å². The summed E-state index contributed by atoms with van der Waals surface area (Å²) < 4.78 is 6.53. The monoisotopic (exact) mass is 240 g/mol. The molecule has 0 fully saturated rings. The number of ether oxygens (including phenoxy) is 1. The van der Waals surface area contributed by atoms with Gasteiger partial charge < -0.3 is 9.84 Å². The highest BCUT2D eigenvalue weighted by Gasteiger charge is 2.19. The summed E-state index contributed by atoms with van der Waals surface area (Å²) in [4.78, 5) is 13.4. The molecular formula is C12H20N2O3. The van der Waals surface area contributed by atoms with Crippen LogP contribution in [-0.2, 0) is 4.74 Å². The molecule has 0 aliphatic carbocycles. The number of carbonyl (C=O) groups is 1. The van der Waals surface area contributed by atoms with Crippen LogP contribution in [0.2, 0.25) is 0 Å². The van der Waals surface area contributed by atoms with E-state index in [0.29, 0.717) is 5.56 Å². The van der Waals surface area contributed by atoms with Gasteiger partial charge in [-0.25, -0.2) is 4.79 Å². The van der Waals surface area contributed by atoms with Crippen LogP contribution in [0.4, 0.5) is 4.79 Å². The molecule has 0 aliphatic rings. The van der Waals surface area contributed by atoms with E-state index in [1.54, 1.807) is 37.5 Å². The van der Waals surface area contributed by atoms with Crippen LogP contribution in [0.15, 0.2) is 18.5 Å². The number of hydrogen-bond donors (Lipinski definition) is 1. The van der Waals surface area contributed by atoms with E-state index in [1.165, 1.54) is 4.57 Å². The number of nitrogens with zero attached hydrogens (tertiary/aromatic N) is 2. The molecule has 0 aliphatic heterocycles. The maximum Gasteiger partial charge on any atom is 0.418 e. The van der Waals surface area contributed by atoms with E-state index < -0.39 is 17.9 Å². The molecule has 0 spiro atoms. The molecule has 96 valence electrons. The van der Waals surface area contributed by atoms with Crippen molar-refractivity contribution in [1.82, 2.24) is 9.47 Å². The Hall–Kier alpha value is -1.33. The molecule has 0 saturated heterocycles. The third-order valence-corrected chi connectivity index (χ3v) is 2.11. The average molecular weight is 240 g/mol. The van der Waals surface area contributed by atoms with Gasteiger partial charge in [-0.1, -0.05) is 0 Å². The molecule has 0 unspecified atom stereocenters. The highest BCUT2D eigenvalue weighted by atomic mass is 16.6. The van der Waals surface area contributed by atoms with Gasteiger partial charge in [-0.3, -0.25) is 9.47 Å². The van der Waals surface area contributed by atoms with Crippen molar-refractivity contribution in [3.63, 3.8) is 0 Å². The standard InChI is InChI=1S/C12H20N2O3/c1-12(2,3)17-11(16)14-7-6-9(8-14)10(15)13(4)5/h6-8,10,15H,1-5H3/t10-/m0/s1. The van der Waals surface area contributed by atoms with Gasteiger partial charge in [0, 0.05) is 18.0 Å². The fraction of sp³-hybridized carbons (Fsp3) is 0.583. The number of aliphatic hydroxyl groups excluding tert-OH is 1. The Bertz CT molecular complexity index is 391. The SMILES string of the molecule is CN(C)[C@@H](O)c1ccn(C(=O)OC(C)(C)C)c1. The summed E-state index contributed by atoms with van der Waals surface area (Å²) in [5, 5.41) is 9.79. The summed E-state index contributed by atoms with van der Waals surface area (Å²) in [6, 6.07) is 1.69. The molecule has 5 heteroatoms. The first-order valence-corrected chi connectivity index (χ1v) is 5.46. The Kier molecular flexibility index (Phi) is 3.95. The molecule has 1 rings (SSSR count). The van der Waals surface area contributed by atoms with E-state index in [-0.39, 0.29) is 0 Å². The van der Waals surface area contributed by atoms with E-state index >= 15 is 0 Å². The van der Waals surface area contributed by atoms with Crippen LogP contribution in [0.5, 0.6) is 0 Å². The Morgan fingerprint density at radius 1 is 1.47 bits per heavy atom. The van der Waals surface area contributed by atoms with Crippen LogP contribution in [0.3, 0.4) is 0 Å². The second-order valence-corrected chi connectivity index (χ2v) is 5.17. The van der Waals surface area contributed by atoms with Crippen LogP contribution in [0.25, 0.3) is 0 Å². The first-order chi connectivity index (χ1) is 7.70. The maximum atomic E-state index is 11.7. The average Bonchev–Trinajstić information content (AvgIpc) is 2.62. The summed E-state index contributed by atoms with van der Waals surface area (Å²) in [7, 11) is 3.52. The molecular weight excluding hydrogens is 220 g/mol. The van der Waals surface area contributed by atoms with Crippen molar-refractivity contribution in [1.29, 1.82) is 0 Å². The molecule has 0 amide bonds. The third-order valence-electron chi connectivity index (χ3n) is 2.11. The van der Waals surface area contributed by atoms with Gasteiger partial charge in [0.2, 0.25) is 0 Å². The van der Waals surface area contributed by atoms with Gasteiger partial charge in [-0.05, 0) is 40.9 Å². The lowest BCUT2D eigenvalue weighted by Crippen LogP contribution is -2.26. The van der Waals surface area contributed by atoms with E-state index in [1.807, 2.05) is 20.8 Å². The number of carbonyl (C=O) groups excluding carboxylic acids is 1. The zero-order chi connectivity index (χ0) is 13.2. The second kappa shape index (κ2) is 4.89. The van der Waals surface area contributed by atoms with Crippen molar-refractivity contribution >= 4 is 6.09 Å².